The minimum Gasteiger partial charge on any atom is -0.493 e. The van der Waals surface area contributed by atoms with Crippen LogP contribution in [0.25, 0.3) is 0 Å². The van der Waals surface area contributed by atoms with Crippen molar-refractivity contribution >= 4 is 34.9 Å². The van der Waals surface area contributed by atoms with E-state index in [0.29, 0.717) is 22.7 Å². The van der Waals surface area contributed by atoms with Gasteiger partial charge in [0, 0.05) is 11.3 Å². The highest BCUT2D eigenvalue weighted by Crippen LogP contribution is 2.27. The number of amides is 1. The van der Waals surface area contributed by atoms with Crippen LogP contribution in [-0.2, 0) is 0 Å². The van der Waals surface area contributed by atoms with Crippen molar-refractivity contribution in [1.29, 1.82) is 0 Å². The molecule has 2 aromatic rings. The number of ether oxygens (including phenoxy) is 2. The number of aromatic carboxylic acids is 1. The topological polar surface area (TPSA) is 96.9 Å². The van der Waals surface area contributed by atoms with Crippen LogP contribution < -0.4 is 20.1 Å². The lowest BCUT2D eigenvalue weighted by Crippen LogP contribution is -2.34. The second-order valence-electron chi connectivity index (χ2n) is 5.31. The van der Waals surface area contributed by atoms with Crippen LogP contribution in [0.4, 0.5) is 5.69 Å². The Labute approximate surface area is 155 Å². The molecule has 0 aliphatic rings. The van der Waals surface area contributed by atoms with E-state index < -0.39 is 11.9 Å². The van der Waals surface area contributed by atoms with Gasteiger partial charge in [0.15, 0.2) is 16.6 Å². The Hall–Kier alpha value is -3.13. The molecule has 0 fully saturated rings. The highest BCUT2D eigenvalue weighted by Gasteiger charge is 2.13. The maximum absolute atomic E-state index is 12.3. The molecule has 3 N–H and O–H groups in total. The number of carbonyl (C=O) groups is 2. The third-order valence-corrected chi connectivity index (χ3v) is 3.81. The van der Waals surface area contributed by atoms with Crippen LogP contribution in [0.1, 0.15) is 26.3 Å². The summed E-state index contributed by atoms with van der Waals surface area (Å²) in [4.78, 5) is 23.4. The molecule has 0 aliphatic carbocycles. The summed E-state index contributed by atoms with van der Waals surface area (Å²) in [5.74, 6) is -0.557. The Bertz CT molecular complexity index is 867. The molecule has 0 radical (unpaired) electrons. The first-order valence-corrected chi connectivity index (χ1v) is 7.95. The van der Waals surface area contributed by atoms with E-state index in [1.54, 1.807) is 25.1 Å². The first-order valence-electron chi connectivity index (χ1n) is 7.54. The molecule has 0 saturated carbocycles. The number of aryl methyl sites for hydroxylation is 1. The van der Waals surface area contributed by atoms with Crippen LogP contribution in [0.2, 0.25) is 0 Å². The minimum atomic E-state index is -1.05. The van der Waals surface area contributed by atoms with E-state index in [2.05, 4.69) is 10.6 Å². The quantitative estimate of drug-likeness (QED) is 0.693. The van der Waals surface area contributed by atoms with Gasteiger partial charge >= 0.3 is 5.97 Å². The summed E-state index contributed by atoms with van der Waals surface area (Å²) in [7, 11) is 2.98. The van der Waals surface area contributed by atoms with Gasteiger partial charge in [-0.15, -0.1) is 0 Å². The number of hydrogen-bond donors (Lipinski definition) is 3. The number of rotatable bonds is 5. The second-order valence-corrected chi connectivity index (χ2v) is 5.72. The average Bonchev–Trinajstić information content (AvgIpc) is 2.62. The molecule has 0 bridgehead atoms. The van der Waals surface area contributed by atoms with Crippen molar-refractivity contribution in [3.63, 3.8) is 0 Å². The van der Waals surface area contributed by atoms with Gasteiger partial charge < -0.3 is 19.9 Å². The number of methoxy groups -OCH3 is 2. The van der Waals surface area contributed by atoms with E-state index in [1.807, 2.05) is 0 Å². The lowest BCUT2D eigenvalue weighted by molar-refractivity contribution is 0.0696. The predicted molar refractivity (Wildman–Crippen MR) is 101 cm³/mol. The number of benzene rings is 2. The molecule has 0 unspecified atom stereocenters. The third kappa shape index (κ3) is 4.48. The number of carboxylic acid groups (broad SMARTS) is 1. The van der Waals surface area contributed by atoms with Gasteiger partial charge in [-0.1, -0.05) is 6.07 Å². The van der Waals surface area contributed by atoms with Crippen LogP contribution >= 0.6 is 12.2 Å². The van der Waals surface area contributed by atoms with E-state index in [0.717, 1.165) is 5.56 Å². The highest BCUT2D eigenvalue weighted by atomic mass is 32.1. The maximum Gasteiger partial charge on any atom is 0.335 e. The molecule has 0 spiro atoms. The van der Waals surface area contributed by atoms with Crippen molar-refractivity contribution in [3.8, 4) is 11.5 Å². The standard InChI is InChI=1S/C18H18N2O5S/c1-10-4-5-12(17(22)23)8-13(10)19-18(26)20-16(21)11-6-7-14(24-2)15(9-11)25-3/h4-9H,1-3H3,(H,22,23)(H2,19,20,21,26). The summed E-state index contributed by atoms with van der Waals surface area (Å²) < 4.78 is 10.3. The minimum absolute atomic E-state index is 0.0513. The van der Waals surface area contributed by atoms with E-state index in [-0.39, 0.29) is 10.7 Å². The lowest BCUT2D eigenvalue weighted by Gasteiger charge is -2.13. The van der Waals surface area contributed by atoms with E-state index in [9.17, 15) is 9.59 Å². The van der Waals surface area contributed by atoms with Crippen molar-refractivity contribution in [2.45, 2.75) is 6.92 Å². The molecule has 0 heterocycles. The van der Waals surface area contributed by atoms with Gasteiger partial charge in [0.05, 0.1) is 19.8 Å². The number of anilines is 1. The smallest absolute Gasteiger partial charge is 0.335 e. The summed E-state index contributed by atoms with van der Waals surface area (Å²) >= 11 is 5.14. The molecule has 136 valence electrons. The largest absolute Gasteiger partial charge is 0.493 e. The van der Waals surface area contributed by atoms with E-state index >= 15 is 0 Å². The predicted octanol–water partition coefficient (Wildman–Crippen LogP) is 2.84. The SMILES string of the molecule is COc1ccc(C(=O)NC(=S)Nc2cc(C(=O)O)ccc2C)cc1OC. The molecule has 0 atom stereocenters. The Morgan fingerprint density at radius 2 is 1.65 bits per heavy atom. The average molecular weight is 374 g/mol. The van der Waals surface area contributed by atoms with Crippen LogP contribution in [0.3, 0.4) is 0 Å². The van der Waals surface area contributed by atoms with Crippen molar-refractivity contribution < 1.29 is 24.2 Å². The van der Waals surface area contributed by atoms with Crippen LogP contribution in [0, 0.1) is 6.92 Å². The summed E-state index contributed by atoms with van der Waals surface area (Å²) in [6.07, 6.45) is 0. The number of carbonyl (C=O) groups excluding carboxylic acids is 1. The van der Waals surface area contributed by atoms with Crippen molar-refractivity contribution in [1.82, 2.24) is 5.32 Å². The van der Waals surface area contributed by atoms with Crippen molar-refractivity contribution in [3.05, 3.63) is 53.1 Å². The fourth-order valence-corrected chi connectivity index (χ4v) is 2.40. The molecule has 2 aromatic carbocycles. The van der Waals surface area contributed by atoms with Gasteiger partial charge in [-0.25, -0.2) is 4.79 Å². The monoisotopic (exact) mass is 374 g/mol. The number of hydrogen-bond acceptors (Lipinski definition) is 5. The Morgan fingerprint density at radius 1 is 1.00 bits per heavy atom. The molecule has 0 aliphatic heterocycles. The molecular formula is C18H18N2O5S. The normalized spacial score (nSPS) is 9.96. The summed E-state index contributed by atoms with van der Waals surface area (Å²) in [5, 5.41) is 14.5. The van der Waals surface area contributed by atoms with Gasteiger partial charge in [-0.2, -0.15) is 0 Å². The number of carboxylic acids is 1. The second kappa shape index (κ2) is 8.30. The molecule has 8 heteroatoms. The fourth-order valence-electron chi connectivity index (χ4n) is 2.20. The van der Waals surface area contributed by atoms with E-state index in [4.69, 9.17) is 26.8 Å². The number of thiocarbonyl (C=S) groups is 1. The number of nitrogens with one attached hydrogen (secondary N) is 2. The zero-order chi connectivity index (χ0) is 19.3. The molecule has 26 heavy (non-hydrogen) atoms. The summed E-state index contributed by atoms with van der Waals surface area (Å²) in [5.41, 5.74) is 1.75. The van der Waals surface area contributed by atoms with Crippen LogP contribution in [0.15, 0.2) is 36.4 Å². The zero-order valence-electron chi connectivity index (χ0n) is 14.5. The molecular weight excluding hydrogens is 356 g/mol. The molecule has 0 saturated heterocycles. The Morgan fingerprint density at radius 3 is 2.27 bits per heavy atom. The van der Waals surface area contributed by atoms with E-state index in [1.165, 1.54) is 32.4 Å². The van der Waals surface area contributed by atoms with Crippen LogP contribution in [0.5, 0.6) is 11.5 Å². The van der Waals surface area contributed by atoms with Gasteiger partial charge in [0.25, 0.3) is 5.91 Å². The molecule has 1 amide bonds. The van der Waals surface area contributed by atoms with Gasteiger partial charge in [-0.05, 0) is 55.0 Å². The van der Waals surface area contributed by atoms with Crippen molar-refractivity contribution in [2.24, 2.45) is 0 Å². The van der Waals surface area contributed by atoms with Crippen LogP contribution in [-0.4, -0.2) is 36.3 Å². The lowest BCUT2D eigenvalue weighted by atomic mass is 10.1. The molecule has 2 rings (SSSR count). The Kier molecular flexibility index (Phi) is 6.13. The van der Waals surface area contributed by atoms with Crippen molar-refractivity contribution in [2.75, 3.05) is 19.5 Å². The Balaban J connectivity index is 2.12. The van der Waals surface area contributed by atoms with Gasteiger partial charge in [0.2, 0.25) is 0 Å². The fraction of sp³-hybridized carbons (Fsp3) is 0.167. The molecule has 0 aromatic heterocycles. The maximum atomic E-state index is 12.3. The third-order valence-electron chi connectivity index (χ3n) is 3.61. The summed E-state index contributed by atoms with van der Waals surface area (Å²) in [6.45, 7) is 1.80. The van der Waals surface area contributed by atoms with Gasteiger partial charge in [-0.3, -0.25) is 10.1 Å². The first-order chi connectivity index (χ1) is 12.3. The van der Waals surface area contributed by atoms with Gasteiger partial charge in [0.1, 0.15) is 0 Å². The molecule has 7 nitrogen and oxygen atoms in total. The highest BCUT2D eigenvalue weighted by molar-refractivity contribution is 7.80. The zero-order valence-corrected chi connectivity index (χ0v) is 15.3. The summed E-state index contributed by atoms with van der Waals surface area (Å²) in [6, 6.07) is 9.33. The first kappa shape index (κ1) is 19.2.